The van der Waals surface area contributed by atoms with E-state index in [4.69, 9.17) is 24.2 Å². The minimum absolute atomic E-state index is 0.0217. The summed E-state index contributed by atoms with van der Waals surface area (Å²) in [7, 11) is -2.72. The van der Waals surface area contributed by atoms with Crippen LogP contribution in [-0.4, -0.2) is 102 Å². The van der Waals surface area contributed by atoms with Crippen LogP contribution in [0.3, 0.4) is 0 Å². The summed E-state index contributed by atoms with van der Waals surface area (Å²) in [5.74, 6) is 2.05. The molecular weight excluding hydrogens is 815 g/mol. The van der Waals surface area contributed by atoms with Crippen LogP contribution < -0.4 is 24.8 Å². The molecule has 4 fully saturated rings. The standard InChI is InChI=1S/C43H54F2N6O9S/c1-22-32-21-51(33(22)36(52)49-43(20-27(43)35(44)45)39(54)50-61(56,57)42(5)16-17-42)38(53)34(41(2,3)4)48-40(55)60-31-18-23-12-14-25(23)26(31)10-8-7-9-11-29-37(59-32)47-30-19-24(58-6)13-15-28(30)46-29/h13,15,19,22-23,25-27,31-35H,7-11,16-18,20-21H2,1-6H3,(H,48,55)(H,49,52)(H,50,54). The number of carbonyl (C=O) groups is 4. The number of amides is 4. The SMILES string of the molecule is COc1ccc2nc3c(nc2c1)OC1CN(C(=O)C(C(C)(C)C)NC(=O)OC2CC4C#CC4C2CCCCC3)C(C(=O)NC2(C(=O)NS(=O)(=O)C3(C)CC3)CC2C(F)F)C1C. The number of hydrogen-bond acceptors (Lipinski definition) is 11. The first kappa shape index (κ1) is 42.9. The number of alkyl halides is 2. The Morgan fingerprint density at radius 1 is 1.07 bits per heavy atom. The molecule has 330 valence electrons. The summed E-state index contributed by atoms with van der Waals surface area (Å²) in [4.78, 5) is 68.1. The van der Waals surface area contributed by atoms with Gasteiger partial charge in [-0.15, -0.1) is 0 Å². The minimum Gasteiger partial charge on any atom is -0.497 e. The van der Waals surface area contributed by atoms with E-state index in [9.17, 15) is 36.4 Å². The van der Waals surface area contributed by atoms with E-state index in [1.54, 1.807) is 45.9 Å². The Kier molecular flexibility index (Phi) is 10.9. The first-order valence-corrected chi connectivity index (χ1v) is 22.7. The quantitative estimate of drug-likeness (QED) is 0.337. The van der Waals surface area contributed by atoms with Crippen molar-refractivity contribution in [3.63, 3.8) is 0 Å². The van der Waals surface area contributed by atoms with Crippen molar-refractivity contribution in [3.05, 3.63) is 23.9 Å². The smallest absolute Gasteiger partial charge is 0.408 e. The zero-order valence-electron chi connectivity index (χ0n) is 35.3. The average Bonchev–Trinajstić information content (AvgIpc) is 4.07. The van der Waals surface area contributed by atoms with Crippen LogP contribution >= 0.6 is 0 Å². The molecule has 61 heavy (non-hydrogen) atoms. The highest BCUT2D eigenvalue weighted by Crippen LogP contribution is 2.50. The minimum atomic E-state index is -4.25. The van der Waals surface area contributed by atoms with Crippen molar-refractivity contribution < 1.29 is 50.6 Å². The number of fused-ring (bicyclic) bond motifs is 7. The summed E-state index contributed by atoms with van der Waals surface area (Å²) in [5.41, 5.74) is -1.52. The largest absolute Gasteiger partial charge is 0.497 e. The van der Waals surface area contributed by atoms with Crippen LogP contribution in [0, 0.1) is 46.8 Å². The van der Waals surface area contributed by atoms with E-state index < -0.39 is 98.5 Å². The van der Waals surface area contributed by atoms with E-state index in [0.29, 0.717) is 35.3 Å². The molecule has 8 rings (SSSR count). The van der Waals surface area contributed by atoms with Gasteiger partial charge in [-0.2, -0.15) is 0 Å². The number of benzene rings is 1. The fourth-order valence-corrected chi connectivity index (χ4v) is 10.8. The first-order valence-electron chi connectivity index (χ1n) is 21.2. The van der Waals surface area contributed by atoms with Gasteiger partial charge < -0.3 is 29.7 Å². The van der Waals surface area contributed by atoms with E-state index in [1.165, 1.54) is 18.9 Å². The number of aromatic nitrogens is 2. The molecule has 1 saturated heterocycles. The van der Waals surface area contributed by atoms with Crippen LogP contribution in [0.5, 0.6) is 11.6 Å². The Morgan fingerprint density at radius 2 is 1.82 bits per heavy atom. The first-order chi connectivity index (χ1) is 28.7. The maximum Gasteiger partial charge on any atom is 0.408 e. The van der Waals surface area contributed by atoms with Crippen LogP contribution in [0.15, 0.2) is 18.2 Å². The number of hydrogen-bond donors (Lipinski definition) is 3. The van der Waals surface area contributed by atoms with Gasteiger partial charge >= 0.3 is 6.09 Å². The van der Waals surface area contributed by atoms with Crippen molar-refractivity contribution in [3.8, 4) is 23.5 Å². The molecule has 0 spiro atoms. The Labute approximate surface area is 354 Å². The molecule has 2 aromatic rings. The lowest BCUT2D eigenvalue weighted by Crippen LogP contribution is -2.61. The highest BCUT2D eigenvalue weighted by Gasteiger charge is 2.67. The predicted molar refractivity (Wildman–Crippen MR) is 217 cm³/mol. The second kappa shape index (κ2) is 15.5. The molecule has 1 aromatic carbocycles. The van der Waals surface area contributed by atoms with Gasteiger partial charge in [0.05, 0.1) is 35.4 Å². The molecule has 1 aromatic heterocycles. The molecule has 6 aliphatic rings. The number of ether oxygens (including phenoxy) is 3. The third kappa shape index (κ3) is 7.95. The topological polar surface area (TPSA) is 195 Å². The lowest BCUT2D eigenvalue weighted by atomic mass is 9.81. The average molecular weight is 869 g/mol. The second-order valence-corrected chi connectivity index (χ2v) is 21.3. The number of aryl methyl sites for hydroxylation is 1. The fraction of sp³-hybridized carbons (Fsp3) is 0.674. The summed E-state index contributed by atoms with van der Waals surface area (Å²) in [6, 6.07) is 2.64. The van der Waals surface area contributed by atoms with Gasteiger partial charge in [0.2, 0.25) is 34.1 Å². The maximum absolute atomic E-state index is 15.0. The molecule has 3 N–H and O–H groups in total. The summed E-state index contributed by atoms with van der Waals surface area (Å²) in [6.07, 6.45) is -0.836. The lowest BCUT2D eigenvalue weighted by molar-refractivity contribution is -0.143. The fourth-order valence-electron chi connectivity index (χ4n) is 9.44. The number of nitrogens with zero attached hydrogens (tertiary/aromatic N) is 3. The van der Waals surface area contributed by atoms with Crippen LogP contribution in [0.1, 0.15) is 91.7 Å². The number of methoxy groups -OCH3 is 1. The van der Waals surface area contributed by atoms with E-state index in [2.05, 4.69) is 22.5 Å². The molecule has 2 bridgehead atoms. The molecule has 0 radical (unpaired) electrons. The predicted octanol–water partition coefficient (Wildman–Crippen LogP) is 4.27. The molecule has 10 unspecified atom stereocenters. The van der Waals surface area contributed by atoms with E-state index >= 15 is 0 Å². The summed E-state index contributed by atoms with van der Waals surface area (Å²) >= 11 is 0. The third-order valence-corrected chi connectivity index (χ3v) is 16.0. The summed E-state index contributed by atoms with van der Waals surface area (Å²) < 4.78 is 73.8. The van der Waals surface area contributed by atoms with E-state index in [1.807, 2.05) is 4.72 Å². The highest BCUT2D eigenvalue weighted by molar-refractivity contribution is 7.91. The van der Waals surface area contributed by atoms with Crippen molar-refractivity contribution in [2.24, 2.45) is 35.0 Å². The van der Waals surface area contributed by atoms with Crippen LogP contribution in [0.4, 0.5) is 13.6 Å². The van der Waals surface area contributed by atoms with E-state index in [0.717, 1.165) is 25.7 Å². The third-order valence-electron chi connectivity index (χ3n) is 13.8. The molecule has 4 amide bonds. The Balaban J connectivity index is 1.16. The monoisotopic (exact) mass is 868 g/mol. The van der Waals surface area contributed by atoms with Gasteiger partial charge in [-0.3, -0.25) is 19.1 Å². The lowest BCUT2D eigenvalue weighted by Gasteiger charge is -2.36. The van der Waals surface area contributed by atoms with Gasteiger partial charge in [0, 0.05) is 29.7 Å². The normalized spacial score (nSPS) is 33.1. The number of alkyl carbamates (subject to hydrolysis) is 1. The van der Waals surface area contributed by atoms with Gasteiger partial charge in [0.1, 0.15) is 41.3 Å². The van der Waals surface area contributed by atoms with Gasteiger partial charge in [-0.05, 0) is 69.4 Å². The van der Waals surface area contributed by atoms with Crippen LogP contribution in [0.2, 0.25) is 0 Å². The Morgan fingerprint density at radius 3 is 2.46 bits per heavy atom. The molecule has 4 aliphatic carbocycles. The van der Waals surface area contributed by atoms with Gasteiger partial charge in [0.15, 0.2) is 0 Å². The molecule has 2 aliphatic heterocycles. The second-order valence-electron chi connectivity index (χ2n) is 19.1. The zero-order chi connectivity index (χ0) is 43.8. The van der Waals surface area contributed by atoms with Gasteiger partial charge in [-0.25, -0.2) is 32.0 Å². The molecule has 15 nitrogen and oxygen atoms in total. The molecule has 3 heterocycles. The van der Waals surface area contributed by atoms with Crippen molar-refractivity contribution >= 4 is 44.9 Å². The molecule has 3 saturated carbocycles. The summed E-state index contributed by atoms with van der Waals surface area (Å²) in [5, 5.41) is 5.29. The summed E-state index contributed by atoms with van der Waals surface area (Å²) in [6.45, 7) is 8.16. The maximum atomic E-state index is 15.0. The molecular formula is C43H54F2N6O9S. The zero-order valence-corrected chi connectivity index (χ0v) is 36.1. The Bertz CT molecular complexity index is 2310. The number of sulfonamides is 1. The van der Waals surface area contributed by atoms with Crippen molar-refractivity contribution in [2.75, 3.05) is 13.7 Å². The van der Waals surface area contributed by atoms with Gasteiger partial charge in [-0.1, -0.05) is 52.4 Å². The Hall–Kier alpha value is -4.79. The van der Waals surface area contributed by atoms with Crippen LogP contribution in [-0.2, 0) is 35.6 Å². The van der Waals surface area contributed by atoms with Crippen molar-refractivity contribution in [1.29, 1.82) is 0 Å². The number of nitrogens with one attached hydrogen (secondary N) is 3. The highest BCUT2D eigenvalue weighted by atomic mass is 32.2. The number of halogens is 2. The van der Waals surface area contributed by atoms with Crippen molar-refractivity contribution in [1.82, 2.24) is 30.2 Å². The van der Waals surface area contributed by atoms with Crippen molar-refractivity contribution in [2.45, 2.75) is 133 Å². The molecule has 18 heteroatoms. The van der Waals surface area contributed by atoms with Gasteiger partial charge in [0.25, 0.3) is 5.91 Å². The van der Waals surface area contributed by atoms with E-state index in [-0.39, 0.29) is 43.0 Å². The number of rotatable bonds is 7. The molecule has 10 atom stereocenters. The van der Waals surface area contributed by atoms with Crippen LogP contribution in [0.25, 0.3) is 11.0 Å². The number of carbonyl (C=O) groups excluding carboxylic acids is 4.